The van der Waals surface area contributed by atoms with E-state index in [9.17, 15) is 9.59 Å². The van der Waals surface area contributed by atoms with Crippen LogP contribution in [0.15, 0.2) is 52.4 Å². The van der Waals surface area contributed by atoms with Crippen LogP contribution in [-0.4, -0.2) is 47.7 Å². The van der Waals surface area contributed by atoms with Gasteiger partial charge in [0.2, 0.25) is 0 Å². The van der Waals surface area contributed by atoms with Crippen molar-refractivity contribution in [3.05, 3.63) is 63.4 Å². The summed E-state index contributed by atoms with van der Waals surface area (Å²) in [4.78, 5) is 29.9. The minimum atomic E-state index is -0.471. The number of hydrogen-bond donors (Lipinski definition) is 0. The van der Waals surface area contributed by atoms with E-state index in [-0.39, 0.29) is 11.7 Å². The summed E-state index contributed by atoms with van der Waals surface area (Å²) in [6.07, 6.45) is 1.88. The normalized spacial score (nSPS) is 15.8. The molecule has 2 aromatic carbocycles. The van der Waals surface area contributed by atoms with Crippen molar-refractivity contribution in [3.63, 3.8) is 0 Å². The van der Waals surface area contributed by atoms with Gasteiger partial charge in [0.05, 0.1) is 42.8 Å². The Labute approximate surface area is 194 Å². The monoisotopic (exact) mass is 474 g/mol. The smallest absolute Gasteiger partial charge is 0.337 e. The van der Waals surface area contributed by atoms with Gasteiger partial charge in [0.15, 0.2) is 5.16 Å². The number of thioether (sulfide) groups is 1. The summed E-state index contributed by atoms with van der Waals surface area (Å²) < 4.78 is 18.0. The van der Waals surface area contributed by atoms with Crippen molar-refractivity contribution < 1.29 is 19.0 Å². The highest BCUT2D eigenvalue weighted by Crippen LogP contribution is 2.23. The first-order valence-corrected chi connectivity index (χ1v) is 11.7. The van der Waals surface area contributed by atoms with E-state index >= 15 is 0 Å². The van der Waals surface area contributed by atoms with Crippen LogP contribution in [0, 0.1) is 0 Å². The zero-order valence-corrected chi connectivity index (χ0v) is 19.2. The van der Waals surface area contributed by atoms with Gasteiger partial charge in [-0.25, -0.2) is 9.78 Å². The van der Waals surface area contributed by atoms with Gasteiger partial charge in [0.25, 0.3) is 5.56 Å². The lowest BCUT2D eigenvalue weighted by atomic mass is 10.1. The van der Waals surface area contributed by atoms with Crippen LogP contribution in [0.2, 0.25) is 5.02 Å². The molecular formula is C23H23ClN2O5S. The second-order valence-electron chi connectivity index (χ2n) is 7.32. The minimum absolute atomic E-state index is 0.0108. The van der Waals surface area contributed by atoms with Crippen molar-refractivity contribution in [2.75, 3.05) is 26.1 Å². The molecule has 168 valence electrons. The Morgan fingerprint density at radius 1 is 1.31 bits per heavy atom. The number of aromatic nitrogens is 2. The molecule has 1 fully saturated rings. The Morgan fingerprint density at radius 2 is 2.19 bits per heavy atom. The number of rotatable bonds is 8. The van der Waals surface area contributed by atoms with E-state index in [4.69, 9.17) is 30.8 Å². The van der Waals surface area contributed by atoms with E-state index in [0.717, 1.165) is 12.8 Å². The largest absolute Gasteiger partial charge is 0.493 e. The van der Waals surface area contributed by atoms with Crippen molar-refractivity contribution in [1.82, 2.24) is 9.55 Å². The predicted octanol–water partition coefficient (Wildman–Crippen LogP) is 4.19. The van der Waals surface area contributed by atoms with Crippen LogP contribution in [-0.2, 0) is 16.0 Å². The Morgan fingerprint density at radius 3 is 2.94 bits per heavy atom. The van der Waals surface area contributed by atoms with Gasteiger partial charge < -0.3 is 14.2 Å². The maximum Gasteiger partial charge on any atom is 0.337 e. The van der Waals surface area contributed by atoms with Crippen LogP contribution < -0.4 is 10.3 Å². The lowest BCUT2D eigenvalue weighted by Crippen LogP contribution is -2.29. The molecular weight excluding hydrogens is 452 g/mol. The predicted molar refractivity (Wildman–Crippen MR) is 124 cm³/mol. The molecule has 0 amide bonds. The topological polar surface area (TPSA) is 79.7 Å². The van der Waals surface area contributed by atoms with Gasteiger partial charge in [-0.2, -0.15) is 0 Å². The number of halogens is 1. The number of carbonyl (C=O) groups is 1. The van der Waals surface area contributed by atoms with E-state index < -0.39 is 5.97 Å². The summed E-state index contributed by atoms with van der Waals surface area (Å²) in [6, 6.07) is 12.0. The number of benzene rings is 2. The van der Waals surface area contributed by atoms with Crippen LogP contribution in [0.3, 0.4) is 0 Å². The standard InChI is InChI=1S/C23H23ClN2O5S/c1-29-22(28)15-7-8-19-20(12-15)25-23(26(21(19)27)14-18-6-3-9-30-18)32-11-10-31-17-5-2-4-16(24)13-17/h2,4-5,7-8,12-13,18H,3,6,9-11,14H2,1H3. The molecule has 1 saturated heterocycles. The summed E-state index contributed by atoms with van der Waals surface area (Å²) in [7, 11) is 1.32. The fourth-order valence-electron chi connectivity index (χ4n) is 3.56. The third kappa shape index (κ3) is 5.26. The third-order valence-electron chi connectivity index (χ3n) is 5.13. The summed E-state index contributed by atoms with van der Waals surface area (Å²) >= 11 is 7.42. The molecule has 32 heavy (non-hydrogen) atoms. The maximum atomic E-state index is 13.3. The van der Waals surface area contributed by atoms with E-state index in [1.54, 1.807) is 34.9 Å². The second kappa shape index (κ2) is 10.4. The van der Waals surface area contributed by atoms with E-state index in [0.29, 0.717) is 57.9 Å². The number of methoxy groups -OCH3 is 1. The van der Waals surface area contributed by atoms with Crippen LogP contribution >= 0.6 is 23.4 Å². The average molecular weight is 475 g/mol. The first-order valence-electron chi connectivity index (χ1n) is 10.3. The summed E-state index contributed by atoms with van der Waals surface area (Å²) in [5.41, 5.74) is 0.656. The quantitative estimate of drug-likeness (QED) is 0.209. The zero-order valence-electron chi connectivity index (χ0n) is 17.6. The lowest BCUT2D eigenvalue weighted by molar-refractivity contribution is 0.0601. The third-order valence-corrected chi connectivity index (χ3v) is 6.31. The number of hydrogen-bond acceptors (Lipinski definition) is 7. The second-order valence-corrected chi connectivity index (χ2v) is 8.82. The van der Waals surface area contributed by atoms with E-state index in [1.165, 1.54) is 18.9 Å². The van der Waals surface area contributed by atoms with Gasteiger partial charge in [-0.1, -0.05) is 29.4 Å². The van der Waals surface area contributed by atoms with Crippen LogP contribution in [0.4, 0.5) is 0 Å². The van der Waals surface area contributed by atoms with Gasteiger partial charge >= 0.3 is 5.97 Å². The Bertz CT molecular complexity index is 1180. The minimum Gasteiger partial charge on any atom is -0.493 e. The average Bonchev–Trinajstić information content (AvgIpc) is 3.31. The number of carbonyl (C=O) groups excluding carboxylic acids is 1. The summed E-state index contributed by atoms with van der Waals surface area (Å²) in [6.45, 7) is 1.57. The summed E-state index contributed by atoms with van der Waals surface area (Å²) in [5.74, 6) is 0.789. The highest BCUT2D eigenvalue weighted by atomic mass is 35.5. The molecule has 1 unspecified atom stereocenters. The van der Waals surface area contributed by atoms with E-state index in [2.05, 4.69) is 0 Å². The van der Waals surface area contributed by atoms with Crippen molar-refractivity contribution >= 4 is 40.2 Å². The van der Waals surface area contributed by atoms with Crippen LogP contribution in [0.25, 0.3) is 10.9 Å². The highest BCUT2D eigenvalue weighted by molar-refractivity contribution is 7.99. The summed E-state index contributed by atoms with van der Waals surface area (Å²) in [5, 5.41) is 1.63. The molecule has 2 heterocycles. The van der Waals surface area contributed by atoms with Crippen LogP contribution in [0.5, 0.6) is 5.75 Å². The SMILES string of the molecule is COC(=O)c1ccc2c(=O)n(CC3CCCO3)c(SCCOc3cccc(Cl)c3)nc2c1. The molecule has 4 rings (SSSR count). The van der Waals surface area contributed by atoms with Gasteiger partial charge in [-0.05, 0) is 49.2 Å². The molecule has 3 aromatic rings. The van der Waals surface area contributed by atoms with Crippen LogP contribution in [0.1, 0.15) is 23.2 Å². The Kier molecular flexibility index (Phi) is 7.34. The maximum absolute atomic E-state index is 13.3. The number of ether oxygens (including phenoxy) is 3. The molecule has 1 aromatic heterocycles. The molecule has 0 radical (unpaired) electrons. The molecule has 0 spiro atoms. The van der Waals surface area contributed by atoms with Crippen molar-refractivity contribution in [1.29, 1.82) is 0 Å². The Balaban J connectivity index is 1.59. The van der Waals surface area contributed by atoms with Crippen molar-refractivity contribution in [2.45, 2.75) is 30.6 Å². The lowest BCUT2D eigenvalue weighted by Gasteiger charge is -2.17. The molecule has 0 bridgehead atoms. The van der Waals surface area contributed by atoms with Gasteiger partial charge in [0, 0.05) is 17.4 Å². The first kappa shape index (κ1) is 22.6. The molecule has 1 aliphatic rings. The molecule has 0 N–H and O–H groups in total. The van der Waals surface area contributed by atoms with Gasteiger partial charge in [-0.3, -0.25) is 9.36 Å². The fraction of sp³-hybridized carbons (Fsp3) is 0.348. The number of nitrogens with zero attached hydrogens (tertiary/aromatic N) is 2. The molecule has 1 atom stereocenters. The highest BCUT2D eigenvalue weighted by Gasteiger charge is 2.21. The van der Waals surface area contributed by atoms with Gasteiger partial charge in [-0.15, -0.1) is 0 Å². The molecule has 0 saturated carbocycles. The van der Waals surface area contributed by atoms with Crippen molar-refractivity contribution in [3.8, 4) is 5.75 Å². The number of fused-ring (bicyclic) bond motifs is 1. The van der Waals surface area contributed by atoms with E-state index in [1.807, 2.05) is 12.1 Å². The Hall–Kier alpha value is -2.55. The van der Waals surface area contributed by atoms with Gasteiger partial charge in [0.1, 0.15) is 5.75 Å². The van der Waals surface area contributed by atoms with Crippen molar-refractivity contribution in [2.24, 2.45) is 0 Å². The fourth-order valence-corrected chi connectivity index (χ4v) is 4.56. The first-order chi connectivity index (χ1) is 15.5. The molecule has 9 heteroatoms. The molecule has 0 aliphatic carbocycles. The number of esters is 1. The zero-order chi connectivity index (χ0) is 22.5. The molecule has 1 aliphatic heterocycles. The molecule has 7 nitrogen and oxygen atoms in total.